The molecule has 3 rings (SSSR count). The Hall–Kier alpha value is -3.39. The van der Waals surface area contributed by atoms with Crippen molar-refractivity contribution in [2.24, 2.45) is 0 Å². The van der Waals surface area contributed by atoms with Gasteiger partial charge < -0.3 is 5.32 Å². The predicted molar refractivity (Wildman–Crippen MR) is 85.9 cm³/mol. The molecule has 0 spiro atoms. The number of amides is 1. The molecule has 0 unspecified atom stereocenters. The Morgan fingerprint density at radius 1 is 1.13 bits per heavy atom. The van der Waals surface area contributed by atoms with Gasteiger partial charge in [0.05, 0.1) is 23.5 Å². The highest BCUT2D eigenvalue weighted by Crippen LogP contribution is 2.08. The highest BCUT2D eigenvalue weighted by Gasteiger charge is 2.06. The van der Waals surface area contributed by atoms with E-state index in [1.54, 1.807) is 35.1 Å². The summed E-state index contributed by atoms with van der Waals surface area (Å²) in [6, 6.07) is 18.3. The van der Waals surface area contributed by atoms with Crippen LogP contribution >= 0.6 is 0 Å². The van der Waals surface area contributed by atoms with E-state index >= 15 is 0 Å². The number of aromatic nitrogens is 2. The fourth-order valence-corrected chi connectivity index (χ4v) is 2.15. The Kier molecular flexibility index (Phi) is 4.16. The van der Waals surface area contributed by atoms with Gasteiger partial charge in [-0.15, -0.1) is 0 Å². The van der Waals surface area contributed by atoms with Crippen LogP contribution in [-0.4, -0.2) is 15.7 Å². The number of nitrogens with zero attached hydrogens (tertiary/aromatic N) is 3. The molecule has 3 aromatic rings. The van der Waals surface area contributed by atoms with Crippen LogP contribution in [0.2, 0.25) is 0 Å². The van der Waals surface area contributed by atoms with Crippen LogP contribution in [-0.2, 0) is 6.54 Å². The average Bonchev–Trinajstić information content (AvgIpc) is 3.09. The van der Waals surface area contributed by atoms with Crippen molar-refractivity contribution in [1.82, 2.24) is 15.1 Å². The largest absolute Gasteiger partial charge is 0.348 e. The van der Waals surface area contributed by atoms with Crippen LogP contribution in [0.25, 0.3) is 5.69 Å². The van der Waals surface area contributed by atoms with Crippen molar-refractivity contribution < 1.29 is 4.79 Å². The van der Waals surface area contributed by atoms with Gasteiger partial charge in [0.15, 0.2) is 0 Å². The predicted octanol–water partition coefficient (Wildman–Crippen LogP) is 2.67. The van der Waals surface area contributed by atoms with E-state index in [0.29, 0.717) is 17.7 Å². The molecule has 1 amide bonds. The quantitative estimate of drug-likeness (QED) is 0.805. The minimum atomic E-state index is -0.179. The van der Waals surface area contributed by atoms with Crippen molar-refractivity contribution in [2.75, 3.05) is 0 Å². The Morgan fingerprint density at radius 3 is 2.57 bits per heavy atom. The molecule has 0 aliphatic rings. The smallest absolute Gasteiger partial charge is 0.251 e. The molecule has 5 heteroatoms. The molecule has 0 aliphatic carbocycles. The van der Waals surface area contributed by atoms with E-state index < -0.39 is 0 Å². The summed E-state index contributed by atoms with van der Waals surface area (Å²) in [5.41, 5.74) is 2.94. The van der Waals surface area contributed by atoms with Crippen LogP contribution in [0.4, 0.5) is 0 Å². The van der Waals surface area contributed by atoms with Gasteiger partial charge in [0.1, 0.15) is 0 Å². The number of nitriles is 1. The van der Waals surface area contributed by atoms with E-state index in [4.69, 9.17) is 5.26 Å². The maximum Gasteiger partial charge on any atom is 0.251 e. The SMILES string of the molecule is N#Cc1ccc(C(=O)NCc2cnn(-c3ccccc3)c2)cc1. The number of para-hydroxylation sites is 1. The van der Waals surface area contributed by atoms with E-state index in [0.717, 1.165) is 11.3 Å². The Bertz CT molecular complexity index is 845. The lowest BCUT2D eigenvalue weighted by atomic mass is 10.1. The first-order chi connectivity index (χ1) is 11.3. The fraction of sp³-hybridized carbons (Fsp3) is 0.0556. The molecule has 0 radical (unpaired) electrons. The average molecular weight is 302 g/mol. The minimum absolute atomic E-state index is 0.179. The normalized spacial score (nSPS) is 10.0. The van der Waals surface area contributed by atoms with Gasteiger partial charge in [0.25, 0.3) is 5.91 Å². The lowest BCUT2D eigenvalue weighted by Gasteiger charge is -2.03. The summed E-state index contributed by atoms with van der Waals surface area (Å²) in [4.78, 5) is 12.1. The van der Waals surface area contributed by atoms with Gasteiger partial charge in [-0.2, -0.15) is 10.4 Å². The van der Waals surface area contributed by atoms with Gasteiger partial charge in [-0.1, -0.05) is 18.2 Å². The van der Waals surface area contributed by atoms with E-state index in [1.807, 2.05) is 42.6 Å². The van der Waals surface area contributed by atoms with Gasteiger partial charge >= 0.3 is 0 Å². The van der Waals surface area contributed by atoms with E-state index in [1.165, 1.54) is 0 Å². The molecule has 1 heterocycles. The fourth-order valence-electron chi connectivity index (χ4n) is 2.15. The summed E-state index contributed by atoms with van der Waals surface area (Å²) in [5, 5.41) is 15.9. The van der Waals surface area contributed by atoms with Gasteiger partial charge in [-0.3, -0.25) is 4.79 Å². The van der Waals surface area contributed by atoms with Crippen molar-refractivity contribution in [3.05, 3.63) is 83.7 Å². The van der Waals surface area contributed by atoms with Gasteiger partial charge in [0.2, 0.25) is 0 Å². The highest BCUT2D eigenvalue weighted by atomic mass is 16.1. The molecule has 23 heavy (non-hydrogen) atoms. The number of carbonyl (C=O) groups excluding carboxylic acids is 1. The third-order valence-corrected chi connectivity index (χ3v) is 3.39. The van der Waals surface area contributed by atoms with Crippen LogP contribution in [0, 0.1) is 11.3 Å². The van der Waals surface area contributed by atoms with Crippen LogP contribution in [0.5, 0.6) is 0 Å². The standard InChI is InChI=1S/C18H14N4O/c19-10-14-6-8-16(9-7-14)18(23)20-11-15-12-21-22(13-15)17-4-2-1-3-5-17/h1-9,12-13H,11H2,(H,20,23). The third kappa shape index (κ3) is 3.44. The summed E-state index contributed by atoms with van der Waals surface area (Å²) >= 11 is 0. The monoisotopic (exact) mass is 302 g/mol. The molecule has 5 nitrogen and oxygen atoms in total. The number of carbonyl (C=O) groups is 1. The third-order valence-electron chi connectivity index (χ3n) is 3.39. The van der Waals surface area contributed by atoms with Crippen molar-refractivity contribution in [3.8, 4) is 11.8 Å². The van der Waals surface area contributed by atoms with Crippen molar-refractivity contribution in [1.29, 1.82) is 5.26 Å². The number of rotatable bonds is 4. The zero-order valence-corrected chi connectivity index (χ0v) is 12.3. The Balaban J connectivity index is 1.63. The molecule has 1 aromatic heterocycles. The molecular weight excluding hydrogens is 288 g/mol. The molecule has 0 fully saturated rings. The van der Waals surface area contributed by atoms with E-state index in [2.05, 4.69) is 10.4 Å². The first kappa shape index (κ1) is 14.5. The molecule has 2 aromatic carbocycles. The molecule has 0 saturated carbocycles. The summed E-state index contributed by atoms with van der Waals surface area (Å²) in [6.45, 7) is 0.395. The molecule has 0 aliphatic heterocycles. The zero-order valence-electron chi connectivity index (χ0n) is 12.3. The van der Waals surface area contributed by atoms with Gasteiger partial charge in [-0.25, -0.2) is 4.68 Å². The molecule has 0 atom stereocenters. The second-order valence-electron chi connectivity index (χ2n) is 5.00. The summed E-state index contributed by atoms with van der Waals surface area (Å²) < 4.78 is 1.77. The lowest BCUT2D eigenvalue weighted by molar-refractivity contribution is 0.0951. The summed E-state index contributed by atoms with van der Waals surface area (Å²) in [6.07, 6.45) is 3.61. The summed E-state index contributed by atoms with van der Waals surface area (Å²) in [5.74, 6) is -0.179. The Morgan fingerprint density at radius 2 is 1.87 bits per heavy atom. The second kappa shape index (κ2) is 6.58. The molecule has 0 saturated heterocycles. The van der Waals surface area contributed by atoms with Crippen LogP contribution < -0.4 is 5.32 Å². The van der Waals surface area contributed by atoms with Crippen molar-refractivity contribution in [3.63, 3.8) is 0 Å². The molecule has 1 N–H and O–H groups in total. The van der Waals surface area contributed by atoms with Crippen LogP contribution in [0.15, 0.2) is 67.0 Å². The van der Waals surface area contributed by atoms with Crippen LogP contribution in [0.1, 0.15) is 21.5 Å². The Labute approximate surface area is 133 Å². The van der Waals surface area contributed by atoms with E-state index in [-0.39, 0.29) is 5.91 Å². The number of nitrogens with one attached hydrogen (secondary N) is 1. The van der Waals surface area contributed by atoms with E-state index in [9.17, 15) is 4.79 Å². The highest BCUT2D eigenvalue weighted by molar-refractivity contribution is 5.94. The first-order valence-electron chi connectivity index (χ1n) is 7.13. The second-order valence-corrected chi connectivity index (χ2v) is 5.00. The molecular formula is C18H14N4O. The number of benzene rings is 2. The molecule has 0 bridgehead atoms. The van der Waals surface area contributed by atoms with Crippen molar-refractivity contribution >= 4 is 5.91 Å². The minimum Gasteiger partial charge on any atom is -0.348 e. The van der Waals surface area contributed by atoms with Gasteiger partial charge in [-0.05, 0) is 36.4 Å². The molecule has 112 valence electrons. The maximum atomic E-state index is 12.1. The summed E-state index contributed by atoms with van der Waals surface area (Å²) in [7, 11) is 0. The maximum absolute atomic E-state index is 12.1. The van der Waals surface area contributed by atoms with Gasteiger partial charge in [0, 0.05) is 23.9 Å². The topological polar surface area (TPSA) is 70.7 Å². The zero-order chi connectivity index (χ0) is 16.1. The number of hydrogen-bond donors (Lipinski definition) is 1. The lowest BCUT2D eigenvalue weighted by Crippen LogP contribution is -2.22. The van der Waals surface area contributed by atoms with Crippen LogP contribution in [0.3, 0.4) is 0 Å². The van der Waals surface area contributed by atoms with Crippen molar-refractivity contribution in [2.45, 2.75) is 6.54 Å². The first-order valence-corrected chi connectivity index (χ1v) is 7.13. The number of hydrogen-bond acceptors (Lipinski definition) is 3.